The second-order valence-electron chi connectivity index (χ2n) is 7.23. The number of nitrogens with one attached hydrogen (secondary N) is 1. The Hall–Kier alpha value is -1.10. The third-order valence-electron chi connectivity index (χ3n) is 5.33. The lowest BCUT2D eigenvalue weighted by molar-refractivity contribution is -0.130. The summed E-state index contributed by atoms with van der Waals surface area (Å²) in [5, 5.41) is 3.39. The van der Waals surface area contributed by atoms with E-state index in [4.69, 9.17) is 4.74 Å². The Labute approximate surface area is 157 Å². The predicted octanol–water partition coefficient (Wildman–Crippen LogP) is 3.25. The molecule has 4 nitrogen and oxygen atoms in total. The first-order chi connectivity index (χ1) is 11.8. The first-order valence-corrected chi connectivity index (χ1v) is 9.41. The van der Waals surface area contributed by atoms with Gasteiger partial charge in [-0.3, -0.25) is 4.79 Å². The molecule has 0 spiro atoms. The van der Waals surface area contributed by atoms with E-state index in [1.165, 1.54) is 18.4 Å². The highest BCUT2D eigenvalue weighted by atomic mass is 35.5. The molecule has 140 valence electrons. The van der Waals surface area contributed by atoms with E-state index in [1.807, 2.05) is 18.2 Å². The van der Waals surface area contributed by atoms with Gasteiger partial charge in [-0.15, -0.1) is 12.4 Å². The number of ether oxygens (including phenoxy) is 1. The molecule has 1 atom stereocenters. The quantitative estimate of drug-likeness (QED) is 0.805. The molecule has 2 aliphatic rings. The number of nitrogens with zero attached hydrogens (tertiary/aromatic N) is 1. The summed E-state index contributed by atoms with van der Waals surface area (Å²) in [7, 11) is 0. The maximum absolute atomic E-state index is 12.4. The summed E-state index contributed by atoms with van der Waals surface area (Å²) >= 11 is 0. The number of hydrogen-bond acceptors (Lipinski definition) is 3. The molecule has 2 heterocycles. The van der Waals surface area contributed by atoms with Crippen molar-refractivity contribution in [2.75, 3.05) is 32.8 Å². The summed E-state index contributed by atoms with van der Waals surface area (Å²) in [5.74, 6) is 1.58. The Kier molecular flexibility index (Phi) is 8.73. The number of benzene rings is 1. The van der Waals surface area contributed by atoms with Crippen LogP contribution in [-0.2, 0) is 16.1 Å². The van der Waals surface area contributed by atoms with E-state index in [0.717, 1.165) is 58.0 Å². The van der Waals surface area contributed by atoms with Crippen molar-refractivity contribution >= 4 is 18.3 Å². The maximum atomic E-state index is 12.4. The fraction of sp³-hybridized carbons (Fsp3) is 0.650. The first-order valence-electron chi connectivity index (χ1n) is 9.41. The van der Waals surface area contributed by atoms with Crippen LogP contribution in [0.15, 0.2) is 30.3 Å². The summed E-state index contributed by atoms with van der Waals surface area (Å²) in [5.41, 5.74) is 1.21. The largest absolute Gasteiger partial charge is 0.376 e. The van der Waals surface area contributed by atoms with E-state index >= 15 is 0 Å². The summed E-state index contributed by atoms with van der Waals surface area (Å²) in [6.45, 7) is 5.44. The molecule has 2 fully saturated rings. The number of hydrogen-bond donors (Lipinski definition) is 1. The zero-order chi connectivity index (χ0) is 16.6. The van der Waals surface area contributed by atoms with Gasteiger partial charge in [-0.05, 0) is 50.3 Å². The summed E-state index contributed by atoms with van der Waals surface area (Å²) < 4.78 is 5.84. The summed E-state index contributed by atoms with van der Waals surface area (Å²) in [4.78, 5) is 14.5. The van der Waals surface area contributed by atoms with Crippen molar-refractivity contribution in [2.24, 2.45) is 11.8 Å². The van der Waals surface area contributed by atoms with E-state index < -0.39 is 0 Å². The van der Waals surface area contributed by atoms with Crippen LogP contribution in [0.2, 0.25) is 0 Å². The van der Waals surface area contributed by atoms with Crippen LogP contribution in [0.5, 0.6) is 0 Å². The van der Waals surface area contributed by atoms with Crippen molar-refractivity contribution in [3.05, 3.63) is 35.9 Å². The number of likely N-dealkylation sites (tertiary alicyclic amines) is 1. The molecule has 0 bridgehead atoms. The van der Waals surface area contributed by atoms with Crippen molar-refractivity contribution in [2.45, 2.75) is 38.7 Å². The lowest BCUT2D eigenvalue weighted by Gasteiger charge is -2.23. The number of rotatable bonds is 7. The van der Waals surface area contributed by atoms with Crippen LogP contribution < -0.4 is 5.32 Å². The molecule has 0 aliphatic carbocycles. The van der Waals surface area contributed by atoms with Gasteiger partial charge >= 0.3 is 0 Å². The van der Waals surface area contributed by atoms with Crippen molar-refractivity contribution in [1.29, 1.82) is 0 Å². The Morgan fingerprint density at radius 2 is 1.88 bits per heavy atom. The van der Waals surface area contributed by atoms with Gasteiger partial charge in [0.25, 0.3) is 0 Å². The van der Waals surface area contributed by atoms with Crippen molar-refractivity contribution in [3.8, 4) is 0 Å². The predicted molar refractivity (Wildman–Crippen MR) is 103 cm³/mol. The molecule has 0 saturated carbocycles. The third kappa shape index (κ3) is 6.61. The summed E-state index contributed by atoms with van der Waals surface area (Å²) in [6.07, 6.45) is 5.31. The fourth-order valence-corrected chi connectivity index (χ4v) is 3.77. The minimum absolute atomic E-state index is 0. The molecule has 1 N–H and O–H groups in total. The second kappa shape index (κ2) is 10.8. The number of carbonyl (C=O) groups excluding carboxylic acids is 1. The van der Waals surface area contributed by atoms with Crippen molar-refractivity contribution in [1.82, 2.24) is 10.2 Å². The molecule has 3 rings (SSSR count). The molecule has 1 aromatic carbocycles. The molecule has 2 saturated heterocycles. The van der Waals surface area contributed by atoms with Gasteiger partial charge in [-0.2, -0.15) is 0 Å². The Morgan fingerprint density at radius 1 is 1.12 bits per heavy atom. The molecule has 1 amide bonds. The average molecular weight is 367 g/mol. The van der Waals surface area contributed by atoms with E-state index in [0.29, 0.717) is 18.4 Å². The monoisotopic (exact) mass is 366 g/mol. The van der Waals surface area contributed by atoms with Gasteiger partial charge in [-0.1, -0.05) is 30.3 Å². The second-order valence-corrected chi connectivity index (χ2v) is 7.23. The molecule has 1 aromatic rings. The molecular weight excluding hydrogens is 336 g/mol. The molecule has 0 radical (unpaired) electrons. The minimum Gasteiger partial charge on any atom is -0.376 e. The van der Waals surface area contributed by atoms with E-state index in [-0.39, 0.29) is 12.4 Å². The summed E-state index contributed by atoms with van der Waals surface area (Å²) in [6, 6.07) is 10.3. The molecular formula is C20H31ClN2O2. The number of amides is 1. The average Bonchev–Trinajstić information content (AvgIpc) is 3.10. The van der Waals surface area contributed by atoms with Gasteiger partial charge in [0, 0.05) is 25.4 Å². The lowest BCUT2D eigenvalue weighted by Crippen LogP contribution is -2.31. The smallest absolute Gasteiger partial charge is 0.222 e. The highest BCUT2D eigenvalue weighted by molar-refractivity contribution is 5.85. The standard InChI is InChI=1S/C20H30N2O2.ClH/c23-20(7-6-17-8-11-21-12-9-17)22-13-10-19(14-22)16-24-15-18-4-2-1-3-5-18;/h1-5,17,19,21H,6-16H2;1H. The van der Waals surface area contributed by atoms with E-state index in [2.05, 4.69) is 22.3 Å². The van der Waals surface area contributed by atoms with Gasteiger partial charge in [-0.25, -0.2) is 0 Å². The zero-order valence-electron chi connectivity index (χ0n) is 15.0. The Balaban J connectivity index is 0.00000225. The van der Waals surface area contributed by atoms with Crippen molar-refractivity contribution in [3.63, 3.8) is 0 Å². The highest BCUT2D eigenvalue weighted by Crippen LogP contribution is 2.22. The van der Waals surface area contributed by atoms with Gasteiger partial charge in [0.2, 0.25) is 5.91 Å². The fourth-order valence-electron chi connectivity index (χ4n) is 3.77. The Bertz CT molecular complexity index is 506. The van der Waals surface area contributed by atoms with Crippen LogP contribution in [0, 0.1) is 11.8 Å². The van der Waals surface area contributed by atoms with Crippen LogP contribution in [-0.4, -0.2) is 43.6 Å². The SMILES string of the molecule is Cl.O=C(CCC1CCNCC1)N1CCC(COCc2ccccc2)C1. The molecule has 5 heteroatoms. The van der Waals surface area contributed by atoms with Gasteiger partial charge < -0.3 is 15.0 Å². The molecule has 0 aromatic heterocycles. The molecule has 25 heavy (non-hydrogen) atoms. The van der Waals surface area contributed by atoms with Crippen molar-refractivity contribution < 1.29 is 9.53 Å². The van der Waals surface area contributed by atoms with Crippen LogP contribution in [0.25, 0.3) is 0 Å². The van der Waals surface area contributed by atoms with E-state index in [9.17, 15) is 4.79 Å². The van der Waals surface area contributed by atoms with Crippen LogP contribution in [0.3, 0.4) is 0 Å². The maximum Gasteiger partial charge on any atom is 0.222 e. The van der Waals surface area contributed by atoms with Gasteiger partial charge in [0.1, 0.15) is 0 Å². The molecule has 1 unspecified atom stereocenters. The number of piperidine rings is 1. The Morgan fingerprint density at radius 3 is 2.64 bits per heavy atom. The van der Waals surface area contributed by atoms with E-state index in [1.54, 1.807) is 0 Å². The molecule has 2 aliphatic heterocycles. The lowest BCUT2D eigenvalue weighted by atomic mass is 9.93. The van der Waals surface area contributed by atoms with Crippen LogP contribution in [0.1, 0.15) is 37.7 Å². The van der Waals surface area contributed by atoms with Crippen LogP contribution in [0.4, 0.5) is 0 Å². The number of carbonyl (C=O) groups is 1. The minimum atomic E-state index is 0. The first kappa shape index (κ1) is 20.2. The topological polar surface area (TPSA) is 41.6 Å². The van der Waals surface area contributed by atoms with Crippen LogP contribution >= 0.6 is 12.4 Å². The highest BCUT2D eigenvalue weighted by Gasteiger charge is 2.26. The number of halogens is 1. The zero-order valence-corrected chi connectivity index (χ0v) is 15.8. The van der Waals surface area contributed by atoms with Gasteiger partial charge in [0.15, 0.2) is 0 Å². The third-order valence-corrected chi connectivity index (χ3v) is 5.33. The normalized spacial score (nSPS) is 21.1. The van der Waals surface area contributed by atoms with Gasteiger partial charge in [0.05, 0.1) is 13.2 Å².